The van der Waals surface area contributed by atoms with Crippen LogP contribution in [-0.2, 0) is 12.0 Å². The largest absolute Gasteiger partial charge is 0.357 e. The average Bonchev–Trinajstić information content (AvgIpc) is 2.64. The molecule has 90 valence electrons. The van der Waals surface area contributed by atoms with E-state index in [2.05, 4.69) is 24.1 Å². The maximum absolute atomic E-state index is 6.26. The Labute approximate surface area is 110 Å². The van der Waals surface area contributed by atoms with Gasteiger partial charge < -0.3 is 10.3 Å². The molecule has 0 bridgehead atoms. The zero-order valence-electron chi connectivity index (χ0n) is 9.82. The molecule has 0 aliphatic carbocycles. The first kappa shape index (κ1) is 11.4. The van der Waals surface area contributed by atoms with E-state index in [-0.39, 0.29) is 5.54 Å². The van der Waals surface area contributed by atoms with Gasteiger partial charge in [0.2, 0.25) is 0 Å². The van der Waals surface area contributed by atoms with E-state index in [0.29, 0.717) is 10.0 Å². The molecule has 0 saturated carbocycles. The second kappa shape index (κ2) is 3.64. The summed E-state index contributed by atoms with van der Waals surface area (Å²) in [6, 6.07) is 3.92. The van der Waals surface area contributed by atoms with Crippen molar-refractivity contribution in [3.63, 3.8) is 0 Å². The number of aromatic amines is 1. The third kappa shape index (κ3) is 1.59. The Bertz CT molecular complexity index is 599. The van der Waals surface area contributed by atoms with E-state index in [1.807, 2.05) is 12.1 Å². The third-order valence-corrected chi connectivity index (χ3v) is 4.31. The molecule has 1 aliphatic rings. The molecule has 0 amide bonds. The van der Waals surface area contributed by atoms with Gasteiger partial charge >= 0.3 is 0 Å². The Morgan fingerprint density at radius 3 is 2.76 bits per heavy atom. The highest BCUT2D eigenvalue weighted by molar-refractivity contribution is 6.45. The van der Waals surface area contributed by atoms with Gasteiger partial charge in [-0.05, 0) is 19.9 Å². The molecule has 2 N–H and O–H groups in total. The highest BCUT2D eigenvalue weighted by Gasteiger charge is 2.31. The van der Waals surface area contributed by atoms with Crippen LogP contribution in [0, 0.1) is 0 Å². The number of benzene rings is 1. The average molecular weight is 269 g/mol. The fraction of sp³-hybridized carbons (Fsp3) is 0.385. The summed E-state index contributed by atoms with van der Waals surface area (Å²) in [5.41, 5.74) is 3.52. The second-order valence-corrected chi connectivity index (χ2v) is 5.85. The molecule has 1 aliphatic heterocycles. The molecule has 0 unspecified atom stereocenters. The van der Waals surface area contributed by atoms with Gasteiger partial charge in [-0.15, -0.1) is 0 Å². The first-order valence-electron chi connectivity index (χ1n) is 5.75. The van der Waals surface area contributed by atoms with Crippen LogP contribution in [0.2, 0.25) is 10.0 Å². The van der Waals surface area contributed by atoms with Gasteiger partial charge in [-0.1, -0.05) is 29.3 Å². The molecule has 4 heteroatoms. The minimum absolute atomic E-state index is 0.0248. The van der Waals surface area contributed by atoms with E-state index in [1.54, 1.807) is 0 Å². The molecule has 0 spiro atoms. The first-order valence-corrected chi connectivity index (χ1v) is 6.50. The SMILES string of the molecule is CC1(C)NCCc2[nH]c3c(Cl)c(Cl)ccc3c21. The second-order valence-electron chi connectivity index (χ2n) is 5.06. The molecule has 0 radical (unpaired) electrons. The number of rotatable bonds is 0. The molecule has 2 heterocycles. The normalized spacial score (nSPS) is 18.4. The highest BCUT2D eigenvalue weighted by Crippen LogP contribution is 2.39. The predicted octanol–water partition coefficient (Wildman–Crippen LogP) is 3.86. The van der Waals surface area contributed by atoms with Crippen LogP contribution >= 0.6 is 23.2 Å². The van der Waals surface area contributed by atoms with Crippen molar-refractivity contribution in [2.45, 2.75) is 25.8 Å². The van der Waals surface area contributed by atoms with Crippen molar-refractivity contribution in [3.8, 4) is 0 Å². The summed E-state index contributed by atoms with van der Waals surface area (Å²) in [6.07, 6.45) is 1.00. The first-order chi connectivity index (χ1) is 8.00. The number of halogens is 2. The molecule has 0 atom stereocenters. The Balaban J connectivity index is 2.40. The number of H-pyrrole nitrogens is 1. The van der Waals surface area contributed by atoms with Gasteiger partial charge in [-0.2, -0.15) is 0 Å². The third-order valence-electron chi connectivity index (χ3n) is 3.51. The van der Waals surface area contributed by atoms with E-state index in [1.165, 1.54) is 16.6 Å². The Morgan fingerprint density at radius 1 is 1.24 bits per heavy atom. The summed E-state index contributed by atoms with van der Waals surface area (Å²) in [5.74, 6) is 0. The summed E-state index contributed by atoms with van der Waals surface area (Å²) in [4.78, 5) is 3.42. The van der Waals surface area contributed by atoms with E-state index < -0.39 is 0 Å². The van der Waals surface area contributed by atoms with Crippen LogP contribution in [-0.4, -0.2) is 11.5 Å². The zero-order valence-corrected chi connectivity index (χ0v) is 11.3. The standard InChI is InChI=1S/C13H14Cl2N2/c1-13(2)10-7-3-4-8(14)11(15)12(7)17-9(10)5-6-16-13/h3-4,16-17H,5-6H2,1-2H3. The van der Waals surface area contributed by atoms with E-state index >= 15 is 0 Å². The summed E-state index contributed by atoms with van der Waals surface area (Å²) in [6.45, 7) is 5.37. The fourth-order valence-corrected chi connectivity index (χ4v) is 3.12. The lowest BCUT2D eigenvalue weighted by molar-refractivity contribution is 0.384. The molecule has 2 aromatic rings. The van der Waals surface area contributed by atoms with Gasteiger partial charge in [-0.25, -0.2) is 0 Å². The molecule has 2 nitrogen and oxygen atoms in total. The maximum atomic E-state index is 6.26. The lowest BCUT2D eigenvalue weighted by Crippen LogP contribution is -2.42. The molecule has 1 aromatic heterocycles. The smallest absolute Gasteiger partial charge is 0.0833 e. The summed E-state index contributed by atoms with van der Waals surface area (Å²) < 4.78 is 0. The van der Waals surface area contributed by atoms with Crippen molar-refractivity contribution in [3.05, 3.63) is 33.4 Å². The number of fused-ring (bicyclic) bond motifs is 3. The minimum Gasteiger partial charge on any atom is -0.357 e. The van der Waals surface area contributed by atoms with Gasteiger partial charge in [0.05, 0.1) is 15.6 Å². The van der Waals surface area contributed by atoms with Gasteiger partial charge in [0.25, 0.3) is 0 Å². The lowest BCUT2D eigenvalue weighted by atomic mass is 9.87. The quantitative estimate of drug-likeness (QED) is 0.746. The zero-order chi connectivity index (χ0) is 12.2. The molecular weight excluding hydrogens is 255 g/mol. The van der Waals surface area contributed by atoms with Crippen LogP contribution in [0.3, 0.4) is 0 Å². The van der Waals surface area contributed by atoms with E-state index in [9.17, 15) is 0 Å². The Hall–Kier alpha value is -0.700. The highest BCUT2D eigenvalue weighted by atomic mass is 35.5. The monoisotopic (exact) mass is 268 g/mol. The molecular formula is C13H14Cl2N2. The van der Waals surface area contributed by atoms with Crippen molar-refractivity contribution in [2.24, 2.45) is 0 Å². The number of hydrogen-bond donors (Lipinski definition) is 2. The van der Waals surface area contributed by atoms with Crippen molar-refractivity contribution in [1.29, 1.82) is 0 Å². The van der Waals surface area contributed by atoms with E-state index in [0.717, 1.165) is 18.5 Å². The van der Waals surface area contributed by atoms with Gasteiger partial charge in [0.15, 0.2) is 0 Å². The van der Waals surface area contributed by atoms with Gasteiger partial charge in [-0.3, -0.25) is 0 Å². The number of hydrogen-bond acceptors (Lipinski definition) is 1. The Kier molecular flexibility index (Phi) is 2.44. The summed E-state index contributed by atoms with van der Waals surface area (Å²) in [7, 11) is 0. The molecule has 3 rings (SSSR count). The van der Waals surface area contributed by atoms with Gasteiger partial charge in [0, 0.05) is 35.1 Å². The van der Waals surface area contributed by atoms with Gasteiger partial charge in [0.1, 0.15) is 0 Å². The Morgan fingerprint density at radius 2 is 2.00 bits per heavy atom. The lowest BCUT2D eigenvalue weighted by Gasteiger charge is -2.32. The van der Waals surface area contributed by atoms with Crippen molar-refractivity contribution < 1.29 is 0 Å². The maximum Gasteiger partial charge on any atom is 0.0833 e. The van der Waals surface area contributed by atoms with Crippen molar-refractivity contribution in [1.82, 2.24) is 10.3 Å². The number of nitrogens with one attached hydrogen (secondary N) is 2. The van der Waals surface area contributed by atoms with Crippen molar-refractivity contribution in [2.75, 3.05) is 6.54 Å². The van der Waals surface area contributed by atoms with Crippen LogP contribution < -0.4 is 5.32 Å². The van der Waals surface area contributed by atoms with Crippen LogP contribution in [0.25, 0.3) is 10.9 Å². The van der Waals surface area contributed by atoms with Crippen LogP contribution in [0.5, 0.6) is 0 Å². The summed E-state index contributed by atoms with van der Waals surface area (Å²) in [5, 5.41) is 5.92. The van der Waals surface area contributed by atoms with Crippen LogP contribution in [0.1, 0.15) is 25.1 Å². The fourth-order valence-electron chi connectivity index (χ4n) is 2.75. The molecule has 17 heavy (non-hydrogen) atoms. The summed E-state index contributed by atoms with van der Waals surface area (Å²) >= 11 is 12.3. The molecule has 0 saturated heterocycles. The number of aromatic nitrogens is 1. The van der Waals surface area contributed by atoms with Crippen molar-refractivity contribution >= 4 is 34.1 Å². The van der Waals surface area contributed by atoms with E-state index in [4.69, 9.17) is 23.2 Å². The topological polar surface area (TPSA) is 27.8 Å². The molecule has 0 fully saturated rings. The van der Waals surface area contributed by atoms with Crippen LogP contribution in [0.15, 0.2) is 12.1 Å². The molecule has 1 aromatic carbocycles. The minimum atomic E-state index is -0.0248. The predicted molar refractivity (Wildman–Crippen MR) is 73.1 cm³/mol. The van der Waals surface area contributed by atoms with Crippen LogP contribution in [0.4, 0.5) is 0 Å².